The third-order valence-electron chi connectivity index (χ3n) is 3.61. The molecule has 0 radical (unpaired) electrons. The Morgan fingerprint density at radius 1 is 1.29 bits per heavy atom. The summed E-state index contributed by atoms with van der Waals surface area (Å²) in [6.45, 7) is 1.11. The molecule has 21 heavy (non-hydrogen) atoms. The Labute approximate surface area is 123 Å². The number of halogens is 1. The zero-order valence-corrected chi connectivity index (χ0v) is 11.5. The number of nitriles is 1. The number of nitrogens with one attached hydrogen (secondary N) is 1. The van der Waals surface area contributed by atoms with Crippen molar-refractivity contribution in [3.05, 3.63) is 58.9 Å². The molecule has 3 nitrogen and oxygen atoms in total. The molecule has 0 saturated carbocycles. The molecule has 0 unspecified atom stereocenters. The number of rotatable bonds is 3. The van der Waals surface area contributed by atoms with Crippen molar-refractivity contribution in [1.82, 2.24) is 0 Å². The number of nitrogens with zero attached hydrogens (tertiary/aromatic N) is 1. The average Bonchev–Trinajstić information content (AvgIpc) is 2.53. The number of fused-ring (bicyclic) bond motifs is 1. The van der Waals surface area contributed by atoms with Crippen LogP contribution < -0.4 is 10.1 Å². The molecule has 0 spiro atoms. The third-order valence-corrected chi connectivity index (χ3v) is 3.61. The molecule has 0 fully saturated rings. The van der Waals surface area contributed by atoms with Crippen LogP contribution in [0.15, 0.2) is 36.4 Å². The van der Waals surface area contributed by atoms with Crippen molar-refractivity contribution in [1.29, 1.82) is 5.26 Å². The summed E-state index contributed by atoms with van der Waals surface area (Å²) >= 11 is 0. The molecule has 1 N–H and O–H groups in total. The van der Waals surface area contributed by atoms with Gasteiger partial charge in [-0.15, -0.1) is 0 Å². The van der Waals surface area contributed by atoms with E-state index in [1.54, 1.807) is 0 Å². The highest BCUT2D eigenvalue weighted by molar-refractivity contribution is 5.63. The van der Waals surface area contributed by atoms with Gasteiger partial charge in [0, 0.05) is 12.1 Å². The van der Waals surface area contributed by atoms with Crippen molar-refractivity contribution in [3.8, 4) is 11.8 Å². The van der Waals surface area contributed by atoms with Crippen LogP contribution >= 0.6 is 0 Å². The van der Waals surface area contributed by atoms with Crippen molar-refractivity contribution in [3.63, 3.8) is 0 Å². The summed E-state index contributed by atoms with van der Waals surface area (Å²) in [6, 6.07) is 12.1. The van der Waals surface area contributed by atoms with Gasteiger partial charge in [0.1, 0.15) is 18.2 Å². The lowest BCUT2D eigenvalue weighted by atomic mass is 10.0. The van der Waals surface area contributed by atoms with Crippen LogP contribution in [0, 0.1) is 17.1 Å². The van der Waals surface area contributed by atoms with Gasteiger partial charge in [-0.05, 0) is 42.7 Å². The van der Waals surface area contributed by atoms with E-state index in [1.807, 2.05) is 12.1 Å². The van der Waals surface area contributed by atoms with Crippen LogP contribution in [0.4, 0.5) is 10.1 Å². The summed E-state index contributed by atoms with van der Waals surface area (Å²) in [4.78, 5) is 0. The highest BCUT2D eigenvalue weighted by atomic mass is 19.1. The summed E-state index contributed by atoms with van der Waals surface area (Å²) in [5.41, 5.74) is 3.25. The normalized spacial score (nSPS) is 13.0. The SMILES string of the molecule is N#Cc1ccc(F)cc1COc1cccc2c1NCCC2. The maximum Gasteiger partial charge on any atom is 0.143 e. The van der Waals surface area contributed by atoms with Crippen LogP contribution in [-0.2, 0) is 13.0 Å². The minimum atomic E-state index is -0.360. The van der Waals surface area contributed by atoms with Gasteiger partial charge in [-0.2, -0.15) is 5.26 Å². The van der Waals surface area contributed by atoms with Crippen LogP contribution in [0.1, 0.15) is 23.1 Å². The molecule has 0 aliphatic carbocycles. The lowest BCUT2D eigenvalue weighted by Gasteiger charge is -2.21. The van der Waals surface area contributed by atoms with Gasteiger partial charge in [-0.25, -0.2) is 4.39 Å². The molecule has 0 aromatic heterocycles. The predicted octanol–water partition coefficient (Wildman–Crippen LogP) is 3.63. The highest BCUT2D eigenvalue weighted by Crippen LogP contribution is 2.32. The molecule has 1 aliphatic rings. The van der Waals surface area contributed by atoms with Gasteiger partial charge in [0.25, 0.3) is 0 Å². The van der Waals surface area contributed by atoms with E-state index < -0.39 is 0 Å². The van der Waals surface area contributed by atoms with Crippen molar-refractivity contribution < 1.29 is 9.13 Å². The molecule has 2 aromatic carbocycles. The summed E-state index contributed by atoms with van der Waals surface area (Å²) in [5.74, 6) is 0.390. The molecule has 4 heteroatoms. The molecule has 0 atom stereocenters. The van der Waals surface area contributed by atoms with Gasteiger partial charge in [0.05, 0.1) is 17.3 Å². The molecule has 106 valence electrons. The lowest BCUT2D eigenvalue weighted by molar-refractivity contribution is 0.306. The van der Waals surface area contributed by atoms with Gasteiger partial charge in [-0.1, -0.05) is 12.1 Å². The fraction of sp³-hybridized carbons (Fsp3) is 0.235. The first kappa shape index (κ1) is 13.4. The molecule has 2 aromatic rings. The van der Waals surface area contributed by atoms with E-state index in [0.717, 1.165) is 30.8 Å². The van der Waals surface area contributed by atoms with Crippen LogP contribution in [0.3, 0.4) is 0 Å². The van der Waals surface area contributed by atoms with Crippen molar-refractivity contribution in [2.75, 3.05) is 11.9 Å². The van der Waals surface area contributed by atoms with Crippen molar-refractivity contribution >= 4 is 5.69 Å². The van der Waals surface area contributed by atoms with E-state index in [-0.39, 0.29) is 12.4 Å². The number of hydrogen-bond donors (Lipinski definition) is 1. The molecule has 1 heterocycles. The fourth-order valence-electron chi connectivity index (χ4n) is 2.54. The molecular weight excluding hydrogens is 267 g/mol. The van der Waals surface area contributed by atoms with E-state index in [1.165, 1.54) is 23.8 Å². The Balaban J connectivity index is 1.83. The second-order valence-electron chi connectivity index (χ2n) is 5.02. The molecule has 0 amide bonds. The summed E-state index contributed by atoms with van der Waals surface area (Å²) in [6.07, 6.45) is 2.14. The van der Waals surface area contributed by atoms with Crippen LogP contribution in [0.25, 0.3) is 0 Å². The van der Waals surface area contributed by atoms with Crippen LogP contribution in [0.5, 0.6) is 5.75 Å². The first-order valence-corrected chi connectivity index (χ1v) is 6.95. The van der Waals surface area contributed by atoms with E-state index in [4.69, 9.17) is 10.00 Å². The quantitative estimate of drug-likeness (QED) is 0.935. The minimum absolute atomic E-state index is 0.179. The largest absolute Gasteiger partial charge is 0.487 e. The molecule has 3 rings (SSSR count). The third kappa shape index (κ3) is 2.82. The second kappa shape index (κ2) is 5.84. The van der Waals surface area contributed by atoms with Crippen LogP contribution in [0.2, 0.25) is 0 Å². The van der Waals surface area contributed by atoms with E-state index in [2.05, 4.69) is 17.5 Å². The van der Waals surface area contributed by atoms with E-state index in [9.17, 15) is 4.39 Å². The Kier molecular flexibility index (Phi) is 3.74. The topological polar surface area (TPSA) is 45.0 Å². The molecule has 0 saturated heterocycles. The first-order valence-electron chi connectivity index (χ1n) is 6.95. The van der Waals surface area contributed by atoms with Crippen LogP contribution in [-0.4, -0.2) is 6.54 Å². The van der Waals surface area contributed by atoms with Gasteiger partial charge in [0.2, 0.25) is 0 Å². The monoisotopic (exact) mass is 282 g/mol. The Bertz CT molecular complexity index is 706. The maximum atomic E-state index is 13.3. The van der Waals surface area contributed by atoms with Gasteiger partial charge in [0.15, 0.2) is 0 Å². The number of hydrogen-bond acceptors (Lipinski definition) is 3. The summed E-state index contributed by atoms with van der Waals surface area (Å²) in [5, 5.41) is 12.4. The summed E-state index contributed by atoms with van der Waals surface area (Å²) < 4.78 is 19.1. The lowest BCUT2D eigenvalue weighted by Crippen LogP contribution is -2.13. The summed E-state index contributed by atoms with van der Waals surface area (Å²) in [7, 11) is 0. The highest BCUT2D eigenvalue weighted by Gasteiger charge is 2.14. The Morgan fingerprint density at radius 3 is 3.05 bits per heavy atom. The number of para-hydroxylation sites is 1. The molecule has 0 bridgehead atoms. The molecular formula is C17H15FN2O. The molecule has 1 aliphatic heterocycles. The predicted molar refractivity (Wildman–Crippen MR) is 78.7 cm³/mol. The number of anilines is 1. The van der Waals surface area contributed by atoms with E-state index in [0.29, 0.717) is 11.1 Å². The Hall–Kier alpha value is -2.54. The fourth-order valence-corrected chi connectivity index (χ4v) is 2.54. The van der Waals surface area contributed by atoms with Crippen molar-refractivity contribution in [2.24, 2.45) is 0 Å². The van der Waals surface area contributed by atoms with Gasteiger partial charge >= 0.3 is 0 Å². The smallest absolute Gasteiger partial charge is 0.143 e. The average molecular weight is 282 g/mol. The Morgan fingerprint density at radius 2 is 2.19 bits per heavy atom. The second-order valence-corrected chi connectivity index (χ2v) is 5.02. The van der Waals surface area contributed by atoms with Gasteiger partial charge < -0.3 is 10.1 Å². The maximum absolute atomic E-state index is 13.3. The zero-order chi connectivity index (χ0) is 14.7. The van der Waals surface area contributed by atoms with E-state index >= 15 is 0 Å². The zero-order valence-electron chi connectivity index (χ0n) is 11.5. The minimum Gasteiger partial charge on any atom is -0.487 e. The number of aryl methyl sites for hydroxylation is 1. The number of ether oxygens (including phenoxy) is 1. The first-order chi connectivity index (χ1) is 10.3. The van der Waals surface area contributed by atoms with Crippen molar-refractivity contribution in [2.45, 2.75) is 19.4 Å². The van der Waals surface area contributed by atoms with Gasteiger partial charge in [-0.3, -0.25) is 0 Å². The number of benzene rings is 2. The standard InChI is InChI=1S/C17H15FN2O/c18-15-7-6-13(10-19)14(9-15)11-21-16-5-1-3-12-4-2-8-20-17(12)16/h1,3,5-7,9,20H,2,4,8,11H2.